The zero-order chi connectivity index (χ0) is 6.81. The first-order chi connectivity index (χ1) is 4.97. The first-order valence-corrected chi connectivity index (χ1v) is 4.03. The van der Waals surface area contributed by atoms with E-state index < -0.39 is 0 Å². The van der Waals surface area contributed by atoms with E-state index in [-0.39, 0.29) is 31.0 Å². The van der Waals surface area contributed by atoms with E-state index in [0.717, 1.165) is 0 Å². The zero-order valence-corrected chi connectivity index (χ0v) is 9.14. The van der Waals surface area contributed by atoms with Crippen molar-refractivity contribution in [1.82, 2.24) is 0 Å². The van der Waals surface area contributed by atoms with Gasteiger partial charge in [0.2, 0.25) is 0 Å². The van der Waals surface area contributed by atoms with Crippen molar-refractivity contribution in [3.8, 4) is 0 Å². The van der Waals surface area contributed by atoms with E-state index in [9.17, 15) is 0 Å². The summed E-state index contributed by atoms with van der Waals surface area (Å²) < 4.78 is 0. The summed E-state index contributed by atoms with van der Waals surface area (Å²) in [7, 11) is 0. The van der Waals surface area contributed by atoms with Crippen molar-refractivity contribution in [3.63, 3.8) is 0 Å². The summed E-state index contributed by atoms with van der Waals surface area (Å²) in [4.78, 5) is 0. The molecule has 1 aliphatic rings. The minimum absolute atomic E-state index is 0. The Morgan fingerprint density at radius 3 is 1.82 bits per heavy atom. The molecule has 0 atom stereocenters. The molecule has 1 aromatic rings. The molecule has 0 spiro atoms. The van der Waals surface area contributed by atoms with Crippen LogP contribution < -0.4 is 29.6 Å². The number of aryl methyl sites for hydroxylation is 2. The molecule has 11 heavy (non-hydrogen) atoms. The van der Waals surface area contributed by atoms with Gasteiger partial charge in [-0.1, -0.05) is 24.3 Å². The van der Waals surface area contributed by atoms with Gasteiger partial charge in [-0.05, 0) is 36.8 Å². The molecule has 0 saturated carbocycles. The molecule has 0 amide bonds. The molecule has 0 bridgehead atoms. The maximum absolute atomic E-state index is 2.26. The molecule has 0 aromatic heterocycles. The third kappa shape index (κ3) is 2.08. The van der Waals surface area contributed by atoms with Gasteiger partial charge in [0.05, 0.1) is 0 Å². The van der Waals surface area contributed by atoms with Crippen LogP contribution in [0.5, 0.6) is 0 Å². The Balaban J connectivity index is 0.000000605. The molecule has 1 heteroatoms. The molecular formula is C10H13Na. The summed E-state index contributed by atoms with van der Waals surface area (Å²) in [6.45, 7) is 0. The summed E-state index contributed by atoms with van der Waals surface area (Å²) in [5.74, 6) is 0. The van der Waals surface area contributed by atoms with Crippen LogP contribution in [-0.2, 0) is 12.8 Å². The van der Waals surface area contributed by atoms with E-state index in [1.807, 2.05) is 0 Å². The Kier molecular flexibility index (Phi) is 3.64. The second-order valence-electron chi connectivity index (χ2n) is 2.98. The molecule has 2 rings (SSSR count). The zero-order valence-electron chi connectivity index (χ0n) is 8.14. The average Bonchev–Trinajstić information content (AvgIpc) is 2.05. The Bertz CT molecular complexity index is 210. The molecule has 0 heterocycles. The maximum Gasteiger partial charge on any atom is 1.00 e. The summed E-state index contributed by atoms with van der Waals surface area (Å²) in [5, 5.41) is 0. The molecule has 0 radical (unpaired) electrons. The molecule has 1 aliphatic carbocycles. The molecule has 1 aromatic carbocycles. The largest absolute Gasteiger partial charge is 1.00 e. The van der Waals surface area contributed by atoms with Crippen molar-refractivity contribution < 1.29 is 31.0 Å². The minimum atomic E-state index is 0. The van der Waals surface area contributed by atoms with E-state index in [1.54, 1.807) is 11.1 Å². The number of benzene rings is 1. The Morgan fingerprint density at radius 1 is 0.909 bits per heavy atom. The van der Waals surface area contributed by atoms with Crippen LogP contribution in [0.3, 0.4) is 0 Å². The van der Waals surface area contributed by atoms with Crippen LogP contribution >= 0.6 is 0 Å². The van der Waals surface area contributed by atoms with Gasteiger partial charge in [0.15, 0.2) is 0 Å². The SMILES string of the molecule is [H-].[Na+].c1ccc2c(c1)CCCC2. The van der Waals surface area contributed by atoms with E-state index in [4.69, 9.17) is 0 Å². The second-order valence-corrected chi connectivity index (χ2v) is 2.98. The van der Waals surface area contributed by atoms with Gasteiger partial charge in [-0.2, -0.15) is 0 Å². The number of hydrogen-bond acceptors (Lipinski definition) is 0. The van der Waals surface area contributed by atoms with E-state index in [0.29, 0.717) is 0 Å². The smallest absolute Gasteiger partial charge is 1.00 e. The fourth-order valence-corrected chi connectivity index (χ4v) is 1.68. The predicted molar refractivity (Wildman–Crippen MR) is 44.2 cm³/mol. The minimum Gasteiger partial charge on any atom is -1.00 e. The topological polar surface area (TPSA) is 0 Å². The summed E-state index contributed by atoms with van der Waals surface area (Å²) >= 11 is 0. The van der Waals surface area contributed by atoms with Crippen molar-refractivity contribution in [1.29, 1.82) is 0 Å². The molecule has 0 saturated heterocycles. The molecule has 0 fully saturated rings. The van der Waals surface area contributed by atoms with Crippen LogP contribution in [0, 0.1) is 0 Å². The van der Waals surface area contributed by atoms with Crippen molar-refractivity contribution in [3.05, 3.63) is 35.4 Å². The van der Waals surface area contributed by atoms with Crippen LogP contribution in [0.2, 0.25) is 0 Å². The first-order valence-electron chi connectivity index (χ1n) is 4.03. The molecule has 0 nitrogen and oxygen atoms in total. The Labute approximate surface area is 91.8 Å². The van der Waals surface area contributed by atoms with Crippen molar-refractivity contribution >= 4 is 0 Å². The van der Waals surface area contributed by atoms with Crippen molar-refractivity contribution in [2.24, 2.45) is 0 Å². The van der Waals surface area contributed by atoms with Gasteiger partial charge in [0, 0.05) is 0 Å². The predicted octanol–water partition coefficient (Wildman–Crippen LogP) is -0.318. The summed E-state index contributed by atoms with van der Waals surface area (Å²) in [6.07, 6.45) is 5.38. The fourth-order valence-electron chi connectivity index (χ4n) is 1.68. The number of hydrogen-bond donors (Lipinski definition) is 0. The van der Waals surface area contributed by atoms with Gasteiger partial charge in [0.1, 0.15) is 0 Å². The van der Waals surface area contributed by atoms with Gasteiger partial charge < -0.3 is 1.43 Å². The normalized spacial score (nSPS) is 14.9. The third-order valence-corrected chi connectivity index (χ3v) is 2.26. The maximum atomic E-state index is 2.26. The quantitative estimate of drug-likeness (QED) is 0.452. The van der Waals surface area contributed by atoms with Gasteiger partial charge in [-0.3, -0.25) is 0 Å². The van der Waals surface area contributed by atoms with Crippen LogP contribution in [0.15, 0.2) is 24.3 Å². The number of rotatable bonds is 0. The molecular weight excluding hydrogens is 143 g/mol. The van der Waals surface area contributed by atoms with Gasteiger partial charge in [0.25, 0.3) is 0 Å². The van der Waals surface area contributed by atoms with Crippen LogP contribution in [0.1, 0.15) is 25.4 Å². The monoisotopic (exact) mass is 156 g/mol. The van der Waals surface area contributed by atoms with Crippen molar-refractivity contribution in [2.75, 3.05) is 0 Å². The second kappa shape index (κ2) is 4.30. The van der Waals surface area contributed by atoms with Gasteiger partial charge >= 0.3 is 29.6 Å². The average molecular weight is 156 g/mol. The molecule has 54 valence electrons. The van der Waals surface area contributed by atoms with E-state index in [2.05, 4.69) is 24.3 Å². The Hall–Kier alpha value is 0.220. The Morgan fingerprint density at radius 2 is 1.36 bits per heavy atom. The first kappa shape index (κ1) is 9.31. The summed E-state index contributed by atoms with van der Waals surface area (Å²) in [5.41, 5.74) is 3.16. The fraction of sp³-hybridized carbons (Fsp3) is 0.400. The van der Waals surface area contributed by atoms with Crippen LogP contribution in [-0.4, -0.2) is 0 Å². The summed E-state index contributed by atoms with van der Waals surface area (Å²) in [6, 6.07) is 8.80. The number of fused-ring (bicyclic) bond motifs is 1. The molecule has 0 aliphatic heterocycles. The van der Waals surface area contributed by atoms with E-state index in [1.165, 1.54) is 25.7 Å². The van der Waals surface area contributed by atoms with Crippen LogP contribution in [0.25, 0.3) is 0 Å². The standard InChI is InChI=1S/C10H12.Na.H/c1-2-6-10-8-4-3-7-9(10)5-1;;/h1-2,5-6H,3-4,7-8H2;;/q;+1;-1. The van der Waals surface area contributed by atoms with Gasteiger partial charge in [-0.25, -0.2) is 0 Å². The third-order valence-electron chi connectivity index (χ3n) is 2.26. The van der Waals surface area contributed by atoms with Gasteiger partial charge in [-0.15, -0.1) is 0 Å². The molecule has 0 N–H and O–H groups in total. The van der Waals surface area contributed by atoms with Crippen molar-refractivity contribution in [2.45, 2.75) is 25.7 Å². The van der Waals surface area contributed by atoms with Crippen LogP contribution in [0.4, 0.5) is 0 Å². The van der Waals surface area contributed by atoms with E-state index >= 15 is 0 Å². The molecule has 0 unspecified atom stereocenters.